The average Bonchev–Trinajstić information content (AvgIpc) is 2.72. The molecular weight excluding hydrogens is 332 g/mol. The van der Waals surface area contributed by atoms with Gasteiger partial charge in [0.25, 0.3) is 5.91 Å². The van der Waals surface area contributed by atoms with E-state index in [9.17, 15) is 4.79 Å². The van der Waals surface area contributed by atoms with E-state index in [4.69, 9.17) is 4.98 Å². The van der Waals surface area contributed by atoms with Gasteiger partial charge in [0.15, 0.2) is 0 Å². The maximum absolute atomic E-state index is 13.4. The topological polar surface area (TPSA) is 42.0 Å². The molecule has 0 bridgehead atoms. The first-order chi connectivity index (χ1) is 13.3. The Balaban J connectivity index is 1.65. The molecule has 0 radical (unpaired) electrons. The lowest BCUT2D eigenvalue weighted by atomic mass is 9.89. The third kappa shape index (κ3) is 2.76. The number of anilines is 1. The molecule has 1 N–H and O–H groups in total. The lowest BCUT2D eigenvalue weighted by Gasteiger charge is -2.20. The Morgan fingerprint density at radius 2 is 1.56 bits per heavy atom. The normalized spacial score (nSPS) is 13.5. The summed E-state index contributed by atoms with van der Waals surface area (Å²) < 4.78 is 0. The first-order valence-electron chi connectivity index (χ1n) is 9.51. The molecule has 27 heavy (non-hydrogen) atoms. The van der Waals surface area contributed by atoms with E-state index in [0.717, 1.165) is 69.9 Å². The molecule has 1 heterocycles. The maximum atomic E-state index is 13.4. The summed E-state index contributed by atoms with van der Waals surface area (Å²) >= 11 is 0. The molecule has 3 nitrogen and oxygen atoms in total. The fraction of sp³-hybridized carbons (Fsp3) is 0.167. The number of para-hydroxylation sites is 1. The highest BCUT2D eigenvalue weighted by Crippen LogP contribution is 2.31. The maximum Gasteiger partial charge on any atom is 0.256 e. The fourth-order valence-electron chi connectivity index (χ4n) is 4.15. The van der Waals surface area contributed by atoms with Gasteiger partial charge in [0.05, 0.1) is 11.1 Å². The molecule has 4 aromatic rings. The number of carbonyl (C=O) groups is 1. The van der Waals surface area contributed by atoms with Crippen LogP contribution in [0.4, 0.5) is 5.69 Å². The predicted octanol–water partition coefficient (Wildman–Crippen LogP) is 5.52. The van der Waals surface area contributed by atoms with Crippen LogP contribution in [0.5, 0.6) is 0 Å². The second-order valence-corrected chi connectivity index (χ2v) is 7.12. The SMILES string of the molecule is O=C(Nc1cccc2ccccc12)c1c2c(nc3ccccc13)CCCC2. The Morgan fingerprint density at radius 3 is 2.48 bits per heavy atom. The van der Waals surface area contributed by atoms with Crippen LogP contribution in [0.3, 0.4) is 0 Å². The first-order valence-corrected chi connectivity index (χ1v) is 9.51. The Bertz CT molecular complexity index is 1170. The quantitative estimate of drug-likeness (QED) is 0.516. The highest BCUT2D eigenvalue weighted by atomic mass is 16.1. The molecule has 1 amide bonds. The van der Waals surface area contributed by atoms with Gasteiger partial charge in [0, 0.05) is 22.2 Å². The molecule has 0 saturated carbocycles. The molecule has 1 aromatic heterocycles. The van der Waals surface area contributed by atoms with Crippen molar-refractivity contribution in [1.82, 2.24) is 4.98 Å². The van der Waals surface area contributed by atoms with E-state index in [0.29, 0.717) is 0 Å². The zero-order valence-electron chi connectivity index (χ0n) is 15.0. The summed E-state index contributed by atoms with van der Waals surface area (Å²) in [5.74, 6) is -0.0388. The number of nitrogens with one attached hydrogen (secondary N) is 1. The number of pyridine rings is 1. The number of aryl methyl sites for hydroxylation is 1. The van der Waals surface area contributed by atoms with Gasteiger partial charge >= 0.3 is 0 Å². The molecule has 0 atom stereocenters. The van der Waals surface area contributed by atoms with Gasteiger partial charge in [0.1, 0.15) is 0 Å². The van der Waals surface area contributed by atoms with Crippen molar-refractivity contribution in [2.45, 2.75) is 25.7 Å². The number of fused-ring (bicyclic) bond motifs is 3. The van der Waals surface area contributed by atoms with Gasteiger partial charge < -0.3 is 5.32 Å². The van der Waals surface area contributed by atoms with Crippen LogP contribution in [0.25, 0.3) is 21.7 Å². The Morgan fingerprint density at radius 1 is 0.815 bits per heavy atom. The number of hydrogen-bond donors (Lipinski definition) is 1. The third-order valence-corrected chi connectivity index (χ3v) is 5.43. The van der Waals surface area contributed by atoms with E-state index in [2.05, 4.69) is 17.4 Å². The van der Waals surface area contributed by atoms with Crippen LogP contribution in [0.1, 0.15) is 34.5 Å². The standard InChI is InChI=1S/C24H20N2O/c27-24(26-20-15-7-9-16-8-1-2-10-17(16)20)23-18-11-3-5-13-21(18)25-22-14-6-4-12-19(22)23/h1-3,5,7-11,13,15H,4,6,12,14H2,(H,26,27). The van der Waals surface area contributed by atoms with Crippen LogP contribution in [0.2, 0.25) is 0 Å². The number of amides is 1. The minimum atomic E-state index is -0.0388. The molecular formula is C24H20N2O. The van der Waals surface area contributed by atoms with E-state index in [1.165, 1.54) is 0 Å². The summed E-state index contributed by atoms with van der Waals surface area (Å²) in [7, 11) is 0. The van der Waals surface area contributed by atoms with Gasteiger partial charge in [-0.3, -0.25) is 9.78 Å². The smallest absolute Gasteiger partial charge is 0.256 e. The summed E-state index contributed by atoms with van der Waals surface area (Å²) in [6.45, 7) is 0. The second-order valence-electron chi connectivity index (χ2n) is 7.12. The minimum absolute atomic E-state index is 0.0388. The molecule has 1 aliphatic carbocycles. The third-order valence-electron chi connectivity index (χ3n) is 5.43. The second kappa shape index (κ2) is 6.51. The molecule has 0 aliphatic heterocycles. The van der Waals surface area contributed by atoms with Gasteiger partial charge in [-0.2, -0.15) is 0 Å². The van der Waals surface area contributed by atoms with Crippen molar-refractivity contribution in [3.63, 3.8) is 0 Å². The zero-order valence-corrected chi connectivity index (χ0v) is 15.0. The zero-order chi connectivity index (χ0) is 18.2. The number of hydrogen-bond acceptors (Lipinski definition) is 2. The van der Waals surface area contributed by atoms with Gasteiger partial charge in [-0.1, -0.05) is 54.6 Å². The van der Waals surface area contributed by atoms with Crippen LogP contribution >= 0.6 is 0 Å². The number of carbonyl (C=O) groups excluding carboxylic acids is 1. The lowest BCUT2D eigenvalue weighted by Crippen LogP contribution is -2.19. The van der Waals surface area contributed by atoms with Crippen molar-refractivity contribution in [2.75, 3.05) is 5.32 Å². The number of benzene rings is 3. The number of rotatable bonds is 2. The molecule has 0 saturated heterocycles. The van der Waals surface area contributed by atoms with Crippen LogP contribution < -0.4 is 5.32 Å². The van der Waals surface area contributed by atoms with Crippen LogP contribution in [-0.2, 0) is 12.8 Å². The summed E-state index contributed by atoms with van der Waals surface area (Å²) in [5.41, 5.74) is 4.76. The Labute approximate surface area is 158 Å². The van der Waals surface area contributed by atoms with E-state index in [1.54, 1.807) is 0 Å². The lowest BCUT2D eigenvalue weighted by molar-refractivity contribution is 0.102. The number of aromatic nitrogens is 1. The van der Waals surface area contributed by atoms with Crippen LogP contribution in [-0.4, -0.2) is 10.9 Å². The van der Waals surface area contributed by atoms with E-state index < -0.39 is 0 Å². The van der Waals surface area contributed by atoms with Gasteiger partial charge in [-0.15, -0.1) is 0 Å². The molecule has 0 unspecified atom stereocenters. The monoisotopic (exact) mass is 352 g/mol. The van der Waals surface area contributed by atoms with Crippen molar-refractivity contribution in [2.24, 2.45) is 0 Å². The highest BCUT2D eigenvalue weighted by molar-refractivity contribution is 6.15. The van der Waals surface area contributed by atoms with E-state index in [1.807, 2.05) is 54.6 Å². The van der Waals surface area contributed by atoms with Gasteiger partial charge in [-0.25, -0.2) is 0 Å². The van der Waals surface area contributed by atoms with Crippen molar-refractivity contribution < 1.29 is 4.79 Å². The molecule has 5 rings (SSSR count). The van der Waals surface area contributed by atoms with Crippen molar-refractivity contribution >= 4 is 33.3 Å². The Kier molecular flexibility index (Phi) is 3.86. The molecule has 0 spiro atoms. The molecule has 132 valence electrons. The summed E-state index contributed by atoms with van der Waals surface area (Å²) in [5, 5.41) is 6.30. The first kappa shape index (κ1) is 16.0. The van der Waals surface area contributed by atoms with Gasteiger partial charge in [-0.05, 0) is 48.8 Å². The van der Waals surface area contributed by atoms with Crippen molar-refractivity contribution in [3.8, 4) is 0 Å². The van der Waals surface area contributed by atoms with Crippen LogP contribution in [0.15, 0.2) is 66.7 Å². The van der Waals surface area contributed by atoms with E-state index >= 15 is 0 Å². The molecule has 0 fully saturated rings. The molecule has 3 aromatic carbocycles. The van der Waals surface area contributed by atoms with Crippen LogP contribution in [0, 0.1) is 0 Å². The summed E-state index contributed by atoms with van der Waals surface area (Å²) in [4.78, 5) is 18.2. The van der Waals surface area contributed by atoms with E-state index in [-0.39, 0.29) is 5.91 Å². The summed E-state index contributed by atoms with van der Waals surface area (Å²) in [6.07, 6.45) is 4.13. The minimum Gasteiger partial charge on any atom is -0.321 e. The fourth-order valence-corrected chi connectivity index (χ4v) is 4.15. The van der Waals surface area contributed by atoms with Crippen molar-refractivity contribution in [1.29, 1.82) is 0 Å². The Hall–Kier alpha value is -3.20. The molecule has 1 aliphatic rings. The summed E-state index contributed by atoms with van der Waals surface area (Å²) in [6, 6.07) is 22.1. The highest BCUT2D eigenvalue weighted by Gasteiger charge is 2.22. The molecule has 3 heteroatoms. The average molecular weight is 352 g/mol. The largest absolute Gasteiger partial charge is 0.321 e. The van der Waals surface area contributed by atoms with Gasteiger partial charge in [0.2, 0.25) is 0 Å². The van der Waals surface area contributed by atoms with Crippen molar-refractivity contribution in [3.05, 3.63) is 83.6 Å². The number of nitrogens with zero attached hydrogens (tertiary/aromatic N) is 1. The predicted molar refractivity (Wildman–Crippen MR) is 110 cm³/mol.